The predicted molar refractivity (Wildman–Crippen MR) is 90.2 cm³/mol. The van der Waals surface area contributed by atoms with Crippen LogP contribution in [0, 0.1) is 0 Å². The second-order valence-electron chi connectivity index (χ2n) is 6.32. The van der Waals surface area contributed by atoms with Crippen LogP contribution in [0.25, 0.3) is 0 Å². The van der Waals surface area contributed by atoms with Gasteiger partial charge in [0.15, 0.2) is 6.23 Å². The van der Waals surface area contributed by atoms with Gasteiger partial charge in [-0.05, 0) is 38.8 Å². The van der Waals surface area contributed by atoms with Gasteiger partial charge < -0.3 is 9.47 Å². The Labute approximate surface area is 142 Å². The number of nitrogens with zero attached hydrogens (tertiary/aromatic N) is 1. The molecule has 0 aliphatic carbocycles. The molecule has 1 aromatic rings. The van der Waals surface area contributed by atoms with Crippen molar-refractivity contribution in [2.45, 2.75) is 42.4 Å². The first-order valence-corrected chi connectivity index (χ1v) is 8.31. The average Bonchev–Trinajstić information content (AvgIpc) is 2.82. The number of hydrogen-bond donors (Lipinski definition) is 0. The van der Waals surface area contributed by atoms with Crippen LogP contribution >= 0.6 is 34.2 Å². The molecule has 3 rings (SSSR count). The van der Waals surface area contributed by atoms with Crippen LogP contribution in [-0.4, -0.2) is 24.5 Å². The van der Waals surface area contributed by atoms with E-state index >= 15 is 0 Å². The number of carbonyl (C=O) groups excluding carboxylic acids is 1. The zero-order valence-corrected chi connectivity index (χ0v) is 15.1. The summed E-state index contributed by atoms with van der Waals surface area (Å²) >= 11 is 8.72. The van der Waals surface area contributed by atoms with Crippen molar-refractivity contribution in [1.82, 2.24) is 0 Å². The molecule has 0 aromatic heterocycles. The summed E-state index contributed by atoms with van der Waals surface area (Å²) in [5.74, 6) is 0. The van der Waals surface area contributed by atoms with E-state index in [-0.39, 0.29) is 9.65 Å². The molecule has 2 heterocycles. The van der Waals surface area contributed by atoms with Crippen molar-refractivity contribution in [2.24, 2.45) is 0 Å². The molecule has 114 valence electrons. The van der Waals surface area contributed by atoms with Gasteiger partial charge in [-0.15, -0.1) is 0 Å². The van der Waals surface area contributed by atoms with Crippen molar-refractivity contribution in [3.63, 3.8) is 0 Å². The number of halogens is 2. The number of para-hydroxylation sites is 1. The molecule has 1 aromatic carbocycles. The molecule has 0 unspecified atom stereocenters. The van der Waals surface area contributed by atoms with Crippen molar-refractivity contribution in [3.8, 4) is 0 Å². The maximum atomic E-state index is 12.6. The van der Waals surface area contributed by atoms with Crippen LogP contribution < -0.4 is 4.90 Å². The first-order valence-electron chi connectivity index (χ1n) is 6.86. The Morgan fingerprint density at radius 2 is 2.24 bits per heavy atom. The van der Waals surface area contributed by atoms with Crippen LogP contribution in [-0.2, 0) is 12.9 Å². The van der Waals surface area contributed by atoms with Crippen molar-refractivity contribution in [3.05, 3.63) is 28.8 Å². The molecule has 0 radical (unpaired) electrons. The Balaban J connectivity index is 2.08. The molecule has 0 N–H and O–H groups in total. The minimum absolute atomic E-state index is 0.255. The topological polar surface area (TPSA) is 38.8 Å². The van der Waals surface area contributed by atoms with E-state index < -0.39 is 11.7 Å². The molecule has 0 saturated carbocycles. The highest BCUT2D eigenvalue weighted by Gasteiger charge is 2.57. The van der Waals surface area contributed by atoms with E-state index in [1.54, 1.807) is 11.0 Å². The summed E-state index contributed by atoms with van der Waals surface area (Å²) < 4.78 is 11.1. The first kappa shape index (κ1) is 15.4. The number of anilines is 1. The fraction of sp³-hybridized carbons (Fsp3) is 0.533. The van der Waals surface area contributed by atoms with Gasteiger partial charge in [-0.25, -0.2) is 9.69 Å². The van der Waals surface area contributed by atoms with Gasteiger partial charge in [0.2, 0.25) is 0 Å². The molecule has 4 nitrogen and oxygen atoms in total. The van der Waals surface area contributed by atoms with Gasteiger partial charge in [0.25, 0.3) is 0 Å². The molecule has 2 aliphatic rings. The molecule has 6 heteroatoms. The van der Waals surface area contributed by atoms with E-state index in [0.29, 0.717) is 17.3 Å². The van der Waals surface area contributed by atoms with Gasteiger partial charge in [-0.1, -0.05) is 46.3 Å². The van der Waals surface area contributed by atoms with Crippen molar-refractivity contribution >= 4 is 46.0 Å². The third-order valence-electron chi connectivity index (χ3n) is 3.63. The van der Waals surface area contributed by atoms with Crippen LogP contribution in [0.1, 0.15) is 32.8 Å². The summed E-state index contributed by atoms with van der Waals surface area (Å²) in [6.45, 7) is 6.17. The Morgan fingerprint density at radius 1 is 1.52 bits per heavy atom. The molecule has 0 spiro atoms. The number of benzene rings is 1. The van der Waals surface area contributed by atoms with Crippen LogP contribution in [0.15, 0.2) is 18.2 Å². The number of alkyl halides is 1. The fourth-order valence-electron chi connectivity index (χ4n) is 2.83. The third kappa shape index (κ3) is 2.43. The third-order valence-corrected chi connectivity index (χ3v) is 5.59. The van der Waals surface area contributed by atoms with Gasteiger partial charge in [0.1, 0.15) is 5.60 Å². The molecule has 1 saturated heterocycles. The van der Waals surface area contributed by atoms with E-state index in [4.69, 9.17) is 21.1 Å². The minimum atomic E-state index is -0.562. The quantitative estimate of drug-likeness (QED) is 0.458. The van der Waals surface area contributed by atoms with Crippen LogP contribution in [0.2, 0.25) is 5.02 Å². The van der Waals surface area contributed by atoms with E-state index in [2.05, 4.69) is 22.6 Å². The molecule has 2 atom stereocenters. The van der Waals surface area contributed by atoms with Crippen LogP contribution in [0.5, 0.6) is 0 Å². The van der Waals surface area contributed by atoms with Gasteiger partial charge in [-0.3, -0.25) is 0 Å². The minimum Gasteiger partial charge on any atom is -0.443 e. The normalized spacial score (nSPS) is 27.5. The number of fused-ring (bicyclic) bond motifs is 3. The summed E-state index contributed by atoms with van der Waals surface area (Å²) in [5.41, 5.74) is 1.20. The lowest BCUT2D eigenvalue weighted by molar-refractivity contribution is 0.0414. The number of ether oxygens (including phenoxy) is 2. The standard InChI is InChI=1S/C15H17ClINO3/c1-14(2,3)21-13(19)18-11-9(5-4-6-10(11)16)15(17)7-8-20-12(15)18/h4-6,12H,7-8H2,1-3H3/t12-,15+/m0/s1. The molecule has 1 amide bonds. The Hall–Kier alpha value is -0.530. The summed E-state index contributed by atoms with van der Waals surface area (Å²) in [6, 6.07) is 5.72. The Bertz CT molecular complexity index is 601. The summed E-state index contributed by atoms with van der Waals surface area (Å²) in [6.07, 6.45) is 0.0790. The molecule has 0 bridgehead atoms. The van der Waals surface area contributed by atoms with Gasteiger partial charge in [0.05, 0.1) is 20.7 Å². The highest BCUT2D eigenvalue weighted by molar-refractivity contribution is 14.1. The highest BCUT2D eigenvalue weighted by atomic mass is 127. The summed E-state index contributed by atoms with van der Waals surface area (Å²) in [5, 5.41) is 0.549. The Kier molecular flexibility index (Phi) is 3.65. The molecule has 2 aliphatic heterocycles. The maximum Gasteiger partial charge on any atom is 0.417 e. The zero-order chi connectivity index (χ0) is 15.4. The second-order valence-corrected chi connectivity index (χ2v) is 8.65. The molecule has 21 heavy (non-hydrogen) atoms. The smallest absolute Gasteiger partial charge is 0.417 e. The zero-order valence-electron chi connectivity index (χ0n) is 12.2. The number of rotatable bonds is 0. The lowest BCUT2D eigenvalue weighted by atomic mass is 9.99. The lowest BCUT2D eigenvalue weighted by Crippen LogP contribution is -2.45. The van der Waals surface area contributed by atoms with Gasteiger partial charge >= 0.3 is 6.09 Å². The van der Waals surface area contributed by atoms with Crippen LogP contribution in [0.3, 0.4) is 0 Å². The number of amides is 1. The first-order chi connectivity index (χ1) is 9.74. The number of carbonyl (C=O) groups is 1. The summed E-state index contributed by atoms with van der Waals surface area (Å²) in [7, 11) is 0. The van der Waals surface area contributed by atoms with E-state index in [9.17, 15) is 4.79 Å². The van der Waals surface area contributed by atoms with E-state index in [1.165, 1.54) is 0 Å². The lowest BCUT2D eigenvalue weighted by Gasteiger charge is -2.29. The van der Waals surface area contributed by atoms with Crippen molar-refractivity contribution in [2.75, 3.05) is 11.5 Å². The SMILES string of the molecule is CC(C)(C)OC(=O)N1c2c(Cl)cccc2[C@]2(I)CCO[C@H]12. The molecular weight excluding hydrogens is 405 g/mol. The fourth-order valence-corrected chi connectivity index (χ4v) is 4.21. The molecular formula is C15H17ClINO3. The highest BCUT2D eigenvalue weighted by Crippen LogP contribution is 2.57. The van der Waals surface area contributed by atoms with Crippen molar-refractivity contribution < 1.29 is 14.3 Å². The monoisotopic (exact) mass is 421 g/mol. The van der Waals surface area contributed by atoms with Crippen LogP contribution in [0.4, 0.5) is 10.5 Å². The van der Waals surface area contributed by atoms with Crippen molar-refractivity contribution in [1.29, 1.82) is 0 Å². The van der Waals surface area contributed by atoms with E-state index in [0.717, 1.165) is 12.0 Å². The van der Waals surface area contributed by atoms with E-state index in [1.807, 2.05) is 32.9 Å². The molecule has 1 fully saturated rings. The predicted octanol–water partition coefficient (Wildman–Crippen LogP) is 4.47. The average molecular weight is 422 g/mol. The Morgan fingerprint density at radius 3 is 2.90 bits per heavy atom. The summed E-state index contributed by atoms with van der Waals surface area (Å²) in [4.78, 5) is 14.2. The largest absolute Gasteiger partial charge is 0.443 e. The maximum absolute atomic E-state index is 12.6. The second kappa shape index (κ2) is 4.99. The van der Waals surface area contributed by atoms with Gasteiger partial charge in [0, 0.05) is 0 Å². The number of hydrogen-bond acceptors (Lipinski definition) is 3. The van der Waals surface area contributed by atoms with Gasteiger partial charge in [-0.2, -0.15) is 0 Å².